The SMILES string of the molecule is CCOC12CC3CC(C1)C(COCC(F)(F)S(=O)(=O)O)C(C3)C2. The first-order valence-corrected chi connectivity index (χ1v) is 9.66. The lowest BCUT2D eigenvalue weighted by molar-refractivity contribution is -0.191. The average molecular weight is 354 g/mol. The number of ether oxygens (including phenoxy) is 2. The van der Waals surface area contributed by atoms with Crippen LogP contribution in [0, 0.1) is 23.7 Å². The Kier molecular flexibility index (Phi) is 4.49. The van der Waals surface area contributed by atoms with E-state index in [-0.39, 0.29) is 18.1 Å². The molecule has 1 N–H and O–H groups in total. The van der Waals surface area contributed by atoms with Crippen molar-refractivity contribution in [3.05, 3.63) is 0 Å². The molecule has 2 atom stereocenters. The molecule has 4 rings (SSSR count). The lowest BCUT2D eigenvalue weighted by Gasteiger charge is -2.59. The summed E-state index contributed by atoms with van der Waals surface area (Å²) < 4.78 is 67.2. The van der Waals surface area contributed by atoms with Crippen molar-refractivity contribution in [1.82, 2.24) is 0 Å². The van der Waals surface area contributed by atoms with Crippen LogP contribution in [0.5, 0.6) is 0 Å². The average Bonchev–Trinajstić information content (AvgIpc) is 2.39. The van der Waals surface area contributed by atoms with Crippen molar-refractivity contribution in [3.63, 3.8) is 0 Å². The van der Waals surface area contributed by atoms with Crippen LogP contribution in [-0.2, 0) is 19.6 Å². The number of rotatable bonds is 7. The van der Waals surface area contributed by atoms with Crippen molar-refractivity contribution in [2.45, 2.75) is 49.9 Å². The lowest BCUT2D eigenvalue weighted by Crippen LogP contribution is -2.56. The summed E-state index contributed by atoms with van der Waals surface area (Å²) in [7, 11) is -5.42. The molecular weight excluding hydrogens is 330 g/mol. The highest BCUT2D eigenvalue weighted by Crippen LogP contribution is 2.59. The molecule has 2 unspecified atom stereocenters. The normalized spacial score (nSPS) is 39.8. The first kappa shape index (κ1) is 17.5. The minimum Gasteiger partial charge on any atom is -0.375 e. The van der Waals surface area contributed by atoms with Crippen LogP contribution in [0.4, 0.5) is 8.78 Å². The number of alkyl halides is 2. The molecule has 23 heavy (non-hydrogen) atoms. The van der Waals surface area contributed by atoms with Crippen molar-refractivity contribution in [3.8, 4) is 0 Å². The van der Waals surface area contributed by atoms with E-state index in [9.17, 15) is 17.2 Å². The van der Waals surface area contributed by atoms with Crippen LogP contribution in [-0.4, -0.2) is 43.6 Å². The molecule has 0 amide bonds. The fourth-order valence-electron chi connectivity index (χ4n) is 5.20. The topological polar surface area (TPSA) is 72.8 Å². The third-order valence-electron chi connectivity index (χ3n) is 5.82. The van der Waals surface area contributed by atoms with Crippen LogP contribution < -0.4 is 0 Å². The van der Waals surface area contributed by atoms with Gasteiger partial charge in [-0.25, -0.2) is 0 Å². The molecule has 0 aromatic rings. The summed E-state index contributed by atoms with van der Waals surface area (Å²) in [6.45, 7) is 1.52. The Labute approximate surface area is 135 Å². The van der Waals surface area contributed by atoms with Crippen molar-refractivity contribution in [1.29, 1.82) is 0 Å². The summed E-state index contributed by atoms with van der Waals surface area (Å²) in [5.41, 5.74) is -0.0415. The molecule has 0 aromatic carbocycles. The number of hydrogen-bond acceptors (Lipinski definition) is 4. The highest BCUT2D eigenvalue weighted by molar-refractivity contribution is 7.86. The van der Waals surface area contributed by atoms with Gasteiger partial charge in [0.05, 0.1) is 12.2 Å². The minimum atomic E-state index is -5.42. The van der Waals surface area contributed by atoms with E-state index in [0.29, 0.717) is 24.4 Å². The van der Waals surface area contributed by atoms with Gasteiger partial charge in [0.2, 0.25) is 0 Å². The molecule has 4 aliphatic carbocycles. The Bertz CT molecular complexity index is 534. The first-order chi connectivity index (χ1) is 10.7. The van der Waals surface area contributed by atoms with E-state index < -0.39 is 22.0 Å². The smallest absolute Gasteiger partial charge is 0.375 e. The molecule has 4 aliphatic rings. The fourth-order valence-corrected chi connectivity index (χ4v) is 5.43. The predicted molar refractivity (Wildman–Crippen MR) is 78.7 cm³/mol. The lowest BCUT2D eigenvalue weighted by atomic mass is 9.50. The van der Waals surface area contributed by atoms with Gasteiger partial charge in [-0.1, -0.05) is 0 Å². The van der Waals surface area contributed by atoms with Gasteiger partial charge >= 0.3 is 15.4 Å². The third-order valence-corrected chi connectivity index (χ3v) is 6.69. The van der Waals surface area contributed by atoms with Crippen LogP contribution in [0.3, 0.4) is 0 Å². The van der Waals surface area contributed by atoms with Crippen LogP contribution in [0.25, 0.3) is 0 Å². The monoisotopic (exact) mass is 354 g/mol. The second-order valence-corrected chi connectivity index (χ2v) is 8.92. The molecule has 4 saturated carbocycles. The molecule has 0 heterocycles. The van der Waals surface area contributed by atoms with Crippen LogP contribution >= 0.6 is 0 Å². The largest absolute Gasteiger partial charge is 0.392 e. The Morgan fingerprint density at radius 3 is 2.35 bits per heavy atom. The number of halogens is 2. The zero-order chi connectivity index (χ0) is 16.9. The van der Waals surface area contributed by atoms with Gasteiger partial charge in [0.15, 0.2) is 0 Å². The summed E-state index contributed by atoms with van der Waals surface area (Å²) >= 11 is 0. The maximum atomic E-state index is 13.2. The van der Waals surface area contributed by atoms with Gasteiger partial charge in [-0.2, -0.15) is 17.2 Å². The zero-order valence-corrected chi connectivity index (χ0v) is 14.0. The van der Waals surface area contributed by atoms with Crippen molar-refractivity contribution >= 4 is 10.1 Å². The molecule has 5 nitrogen and oxygen atoms in total. The molecule has 0 aromatic heterocycles. The van der Waals surface area contributed by atoms with Gasteiger partial charge in [-0.15, -0.1) is 0 Å². The summed E-state index contributed by atoms with van der Waals surface area (Å²) in [6, 6.07) is 0. The zero-order valence-electron chi connectivity index (χ0n) is 13.2. The second-order valence-electron chi connectivity index (χ2n) is 7.38. The standard InChI is InChI=1S/C15H24F2O5S/c1-2-22-14-5-10-3-11(6-14)13(12(4-10)7-14)8-21-9-15(16,17)23(18,19)20/h10-13H,2-9H2,1H3,(H,18,19,20). The second kappa shape index (κ2) is 5.89. The van der Waals surface area contributed by atoms with Gasteiger partial charge in [0.25, 0.3) is 0 Å². The van der Waals surface area contributed by atoms with Crippen LogP contribution in [0.2, 0.25) is 0 Å². The summed E-state index contributed by atoms with van der Waals surface area (Å²) in [6.07, 6.45) is 5.14. The highest BCUT2D eigenvalue weighted by atomic mass is 32.2. The molecule has 0 spiro atoms. The summed E-state index contributed by atoms with van der Waals surface area (Å²) in [4.78, 5) is 0. The van der Waals surface area contributed by atoms with Gasteiger partial charge in [0, 0.05) is 6.61 Å². The molecule has 8 heteroatoms. The van der Waals surface area contributed by atoms with E-state index in [1.165, 1.54) is 0 Å². The van der Waals surface area contributed by atoms with E-state index in [1.54, 1.807) is 0 Å². The van der Waals surface area contributed by atoms with E-state index in [4.69, 9.17) is 14.0 Å². The number of hydrogen-bond donors (Lipinski definition) is 1. The minimum absolute atomic E-state index is 0.0415. The molecule has 0 radical (unpaired) electrons. The maximum Gasteiger partial charge on any atom is 0.392 e. The van der Waals surface area contributed by atoms with Gasteiger partial charge in [0.1, 0.15) is 6.61 Å². The van der Waals surface area contributed by atoms with Crippen molar-refractivity contribution in [2.24, 2.45) is 23.7 Å². The highest BCUT2D eigenvalue weighted by Gasteiger charge is 2.56. The van der Waals surface area contributed by atoms with Crippen molar-refractivity contribution < 1.29 is 31.2 Å². The van der Waals surface area contributed by atoms with E-state index >= 15 is 0 Å². The van der Waals surface area contributed by atoms with Crippen LogP contribution in [0.15, 0.2) is 0 Å². The molecular formula is C15H24F2O5S. The Balaban J connectivity index is 1.59. The van der Waals surface area contributed by atoms with Gasteiger partial charge < -0.3 is 9.47 Å². The summed E-state index contributed by atoms with van der Waals surface area (Å²) in [5, 5.41) is -4.24. The quantitative estimate of drug-likeness (QED) is 0.712. The third kappa shape index (κ3) is 3.27. The fraction of sp³-hybridized carbons (Fsp3) is 1.00. The van der Waals surface area contributed by atoms with E-state index in [2.05, 4.69) is 0 Å². The Morgan fingerprint density at radius 1 is 1.22 bits per heavy atom. The maximum absolute atomic E-state index is 13.2. The van der Waals surface area contributed by atoms with Crippen LogP contribution in [0.1, 0.15) is 39.0 Å². The Hall–Kier alpha value is -0.310. The summed E-state index contributed by atoms with van der Waals surface area (Å²) in [5.74, 6) is 1.62. The molecule has 0 aliphatic heterocycles. The molecule has 4 bridgehead atoms. The first-order valence-electron chi connectivity index (χ1n) is 8.22. The van der Waals surface area contributed by atoms with E-state index in [1.807, 2.05) is 6.92 Å². The molecule has 134 valence electrons. The predicted octanol–water partition coefficient (Wildman–Crippen LogP) is 2.72. The van der Waals surface area contributed by atoms with Gasteiger partial charge in [-0.3, -0.25) is 4.55 Å². The van der Waals surface area contributed by atoms with Gasteiger partial charge in [-0.05, 0) is 62.7 Å². The molecule has 4 fully saturated rings. The Morgan fingerprint density at radius 2 is 1.83 bits per heavy atom. The van der Waals surface area contributed by atoms with E-state index in [0.717, 1.165) is 32.1 Å². The molecule has 0 saturated heterocycles. The van der Waals surface area contributed by atoms with Crippen molar-refractivity contribution in [2.75, 3.05) is 19.8 Å².